The highest BCUT2D eigenvalue weighted by molar-refractivity contribution is 7.99. The van der Waals surface area contributed by atoms with E-state index in [1.165, 1.54) is 31.0 Å². The van der Waals surface area contributed by atoms with E-state index in [0.29, 0.717) is 5.03 Å². The van der Waals surface area contributed by atoms with Gasteiger partial charge in [-0.1, -0.05) is 31.0 Å². The molecule has 1 fully saturated rings. The summed E-state index contributed by atoms with van der Waals surface area (Å²) in [6.45, 7) is 0. The number of aromatic nitrogens is 3. The second-order valence-corrected chi connectivity index (χ2v) is 7.83. The van der Waals surface area contributed by atoms with Gasteiger partial charge in [0.1, 0.15) is 10.1 Å². The molecule has 1 aliphatic carbocycles. The Morgan fingerprint density at radius 3 is 2.43 bits per heavy atom. The molecule has 0 N–H and O–H groups in total. The van der Waals surface area contributed by atoms with Crippen LogP contribution in [-0.2, 0) is 10.8 Å². The smallest absolute Gasteiger partial charge is 0.150 e. The molecule has 0 radical (unpaired) electrons. The average molecular weight is 319 g/mol. The van der Waals surface area contributed by atoms with Gasteiger partial charge in [-0.05, 0) is 37.1 Å². The lowest BCUT2D eigenvalue weighted by Gasteiger charge is -2.20. The van der Waals surface area contributed by atoms with Crippen molar-refractivity contribution >= 4 is 22.6 Å². The Labute approximate surface area is 131 Å². The summed E-state index contributed by atoms with van der Waals surface area (Å²) in [7, 11) is -1.02. The molecular weight excluding hydrogens is 302 g/mol. The molecule has 0 aliphatic heterocycles. The van der Waals surface area contributed by atoms with E-state index in [4.69, 9.17) is 0 Å². The molecule has 0 aromatic carbocycles. The van der Waals surface area contributed by atoms with E-state index in [1.807, 2.05) is 24.3 Å². The first-order chi connectivity index (χ1) is 10.3. The highest BCUT2D eigenvalue weighted by Crippen LogP contribution is 2.27. The SMILES string of the molecule is O=S(c1ccc(Sc2ccncc2)nn1)C1CCCCC1. The van der Waals surface area contributed by atoms with Gasteiger partial charge in [0.2, 0.25) is 0 Å². The Hall–Kier alpha value is -1.27. The predicted octanol–water partition coefficient (Wildman–Crippen LogP) is 3.46. The van der Waals surface area contributed by atoms with Crippen LogP contribution in [0.25, 0.3) is 0 Å². The largest absolute Gasteiger partial charge is 0.265 e. The topological polar surface area (TPSA) is 55.7 Å². The Kier molecular flexibility index (Phi) is 4.98. The van der Waals surface area contributed by atoms with Crippen molar-refractivity contribution in [2.24, 2.45) is 0 Å². The highest BCUT2D eigenvalue weighted by atomic mass is 32.2. The Morgan fingerprint density at radius 1 is 1.00 bits per heavy atom. The van der Waals surface area contributed by atoms with Gasteiger partial charge in [-0.25, -0.2) is 0 Å². The summed E-state index contributed by atoms with van der Waals surface area (Å²) in [5, 5.41) is 10.0. The van der Waals surface area contributed by atoms with Gasteiger partial charge in [0.25, 0.3) is 0 Å². The zero-order valence-electron chi connectivity index (χ0n) is 11.6. The fourth-order valence-corrected chi connectivity index (χ4v) is 4.59. The fraction of sp³-hybridized carbons (Fsp3) is 0.400. The van der Waals surface area contributed by atoms with E-state index in [1.54, 1.807) is 12.4 Å². The summed E-state index contributed by atoms with van der Waals surface area (Å²) >= 11 is 1.53. The molecule has 21 heavy (non-hydrogen) atoms. The minimum Gasteiger partial charge on any atom is -0.265 e. The number of hydrogen-bond donors (Lipinski definition) is 0. The van der Waals surface area contributed by atoms with Gasteiger partial charge in [0, 0.05) is 22.5 Å². The molecule has 0 bridgehead atoms. The maximum atomic E-state index is 12.5. The Balaban J connectivity index is 1.67. The van der Waals surface area contributed by atoms with Crippen molar-refractivity contribution < 1.29 is 4.21 Å². The third kappa shape index (κ3) is 3.89. The molecule has 1 saturated carbocycles. The van der Waals surface area contributed by atoms with Gasteiger partial charge in [0.15, 0.2) is 0 Å². The molecule has 2 aromatic heterocycles. The minimum absolute atomic E-state index is 0.256. The van der Waals surface area contributed by atoms with Crippen molar-refractivity contribution in [1.82, 2.24) is 15.2 Å². The van der Waals surface area contributed by atoms with Crippen LogP contribution < -0.4 is 0 Å². The molecule has 6 heteroatoms. The lowest BCUT2D eigenvalue weighted by Crippen LogP contribution is -2.19. The van der Waals surface area contributed by atoms with Crippen LogP contribution in [-0.4, -0.2) is 24.6 Å². The zero-order chi connectivity index (χ0) is 14.5. The highest BCUT2D eigenvalue weighted by Gasteiger charge is 2.22. The van der Waals surface area contributed by atoms with Crippen molar-refractivity contribution in [2.45, 2.75) is 52.3 Å². The van der Waals surface area contributed by atoms with Gasteiger partial charge in [-0.15, -0.1) is 10.2 Å². The second kappa shape index (κ2) is 7.13. The lowest BCUT2D eigenvalue weighted by atomic mass is 10.0. The first-order valence-corrected chi connectivity index (χ1v) is 9.18. The van der Waals surface area contributed by atoms with Gasteiger partial charge in [-0.3, -0.25) is 9.19 Å². The summed E-state index contributed by atoms with van der Waals surface area (Å²) in [5.41, 5.74) is 0. The predicted molar refractivity (Wildman–Crippen MR) is 83.7 cm³/mol. The number of nitrogens with zero attached hydrogens (tertiary/aromatic N) is 3. The minimum atomic E-state index is -1.02. The Morgan fingerprint density at radius 2 is 1.76 bits per heavy atom. The monoisotopic (exact) mass is 319 g/mol. The maximum Gasteiger partial charge on any atom is 0.150 e. The van der Waals surface area contributed by atoms with Crippen LogP contribution in [0.2, 0.25) is 0 Å². The van der Waals surface area contributed by atoms with Gasteiger partial charge in [0.05, 0.1) is 10.8 Å². The van der Waals surface area contributed by atoms with Crippen LogP contribution in [0.3, 0.4) is 0 Å². The van der Waals surface area contributed by atoms with E-state index >= 15 is 0 Å². The molecule has 4 nitrogen and oxygen atoms in total. The second-order valence-electron chi connectivity index (χ2n) is 5.05. The molecule has 110 valence electrons. The van der Waals surface area contributed by atoms with Gasteiger partial charge < -0.3 is 0 Å². The normalized spacial score (nSPS) is 17.5. The standard InChI is InChI=1S/C15H17N3OS2/c19-21(13-4-2-1-3-5-13)15-7-6-14(17-18-15)20-12-8-10-16-11-9-12/h6-11,13H,1-5H2. The molecule has 2 heterocycles. The first kappa shape index (κ1) is 14.7. The molecule has 0 saturated heterocycles. The molecule has 1 atom stereocenters. The first-order valence-electron chi connectivity index (χ1n) is 7.15. The number of hydrogen-bond acceptors (Lipinski definition) is 5. The van der Waals surface area contributed by atoms with Crippen LogP contribution in [0.15, 0.2) is 51.6 Å². The van der Waals surface area contributed by atoms with Crippen molar-refractivity contribution in [1.29, 1.82) is 0 Å². The fourth-order valence-electron chi connectivity index (χ4n) is 2.45. The summed E-state index contributed by atoms with van der Waals surface area (Å²) in [6, 6.07) is 7.61. The van der Waals surface area contributed by atoms with Gasteiger partial charge in [-0.2, -0.15) is 0 Å². The summed E-state index contributed by atoms with van der Waals surface area (Å²) in [4.78, 5) is 5.06. The molecule has 0 amide bonds. The Bertz CT molecular complexity index is 598. The quantitative estimate of drug-likeness (QED) is 0.864. The lowest BCUT2D eigenvalue weighted by molar-refractivity contribution is 0.503. The van der Waals surface area contributed by atoms with Crippen LogP contribution in [0.5, 0.6) is 0 Å². The maximum absolute atomic E-state index is 12.5. The van der Waals surface area contributed by atoms with E-state index in [-0.39, 0.29) is 5.25 Å². The van der Waals surface area contributed by atoms with E-state index in [2.05, 4.69) is 15.2 Å². The van der Waals surface area contributed by atoms with Crippen LogP contribution >= 0.6 is 11.8 Å². The van der Waals surface area contributed by atoms with Crippen molar-refractivity contribution in [3.8, 4) is 0 Å². The third-order valence-corrected chi connectivity index (χ3v) is 6.19. The molecule has 1 unspecified atom stereocenters. The van der Waals surface area contributed by atoms with Crippen molar-refractivity contribution in [2.75, 3.05) is 0 Å². The average Bonchev–Trinajstić information content (AvgIpc) is 2.57. The van der Waals surface area contributed by atoms with Crippen LogP contribution in [0.4, 0.5) is 0 Å². The third-order valence-electron chi connectivity index (χ3n) is 3.55. The van der Waals surface area contributed by atoms with Gasteiger partial charge >= 0.3 is 0 Å². The summed E-state index contributed by atoms with van der Waals surface area (Å²) in [5.74, 6) is 0. The number of pyridine rings is 1. The van der Waals surface area contributed by atoms with Crippen LogP contribution in [0.1, 0.15) is 32.1 Å². The van der Waals surface area contributed by atoms with E-state index in [0.717, 1.165) is 22.8 Å². The van der Waals surface area contributed by atoms with E-state index in [9.17, 15) is 4.21 Å². The molecule has 2 aromatic rings. The van der Waals surface area contributed by atoms with Crippen molar-refractivity contribution in [3.63, 3.8) is 0 Å². The molecule has 0 spiro atoms. The van der Waals surface area contributed by atoms with Crippen LogP contribution in [0, 0.1) is 0 Å². The molecule has 1 aliphatic rings. The van der Waals surface area contributed by atoms with Crippen molar-refractivity contribution in [3.05, 3.63) is 36.7 Å². The number of rotatable bonds is 4. The zero-order valence-corrected chi connectivity index (χ0v) is 13.3. The molecular formula is C15H17N3OS2. The summed E-state index contributed by atoms with van der Waals surface area (Å²) < 4.78 is 12.5. The van der Waals surface area contributed by atoms with E-state index < -0.39 is 10.8 Å². The molecule has 3 rings (SSSR count). The summed E-state index contributed by atoms with van der Waals surface area (Å²) in [6.07, 6.45) is 9.22.